The van der Waals surface area contributed by atoms with Gasteiger partial charge in [-0.15, -0.1) is 0 Å². The average Bonchev–Trinajstić information content (AvgIpc) is 2.42. The zero-order valence-electron chi connectivity index (χ0n) is 9.54. The summed E-state index contributed by atoms with van der Waals surface area (Å²) < 4.78 is 1.72. The first-order valence-electron chi connectivity index (χ1n) is 5.34. The number of hydrogen-bond acceptors (Lipinski definition) is 2. The molecule has 0 aliphatic rings. The smallest absolute Gasteiger partial charge is 0.212 e. The van der Waals surface area contributed by atoms with Gasteiger partial charge in [-0.3, -0.25) is 0 Å². The minimum absolute atomic E-state index is 0.335. The number of aryl methyl sites for hydroxylation is 1. The topological polar surface area (TPSA) is 38.0 Å². The maximum absolute atomic E-state index is 9.79. The second-order valence-electron chi connectivity index (χ2n) is 4.07. The highest BCUT2D eigenvalue weighted by atomic mass is 16.3. The van der Waals surface area contributed by atoms with E-state index in [1.807, 2.05) is 6.92 Å². The molecule has 0 radical (unpaired) electrons. The summed E-state index contributed by atoms with van der Waals surface area (Å²) in [4.78, 5) is 0. The minimum Gasteiger partial charge on any atom is -0.493 e. The molecule has 80 valence electrons. The van der Waals surface area contributed by atoms with E-state index < -0.39 is 0 Å². The van der Waals surface area contributed by atoms with E-state index in [2.05, 4.69) is 25.9 Å². The van der Waals surface area contributed by atoms with Crippen molar-refractivity contribution in [1.82, 2.24) is 9.78 Å². The van der Waals surface area contributed by atoms with E-state index in [4.69, 9.17) is 0 Å². The van der Waals surface area contributed by atoms with Crippen molar-refractivity contribution >= 4 is 0 Å². The molecule has 1 aromatic rings. The summed E-state index contributed by atoms with van der Waals surface area (Å²) in [6.45, 7) is 9.07. The van der Waals surface area contributed by atoms with Gasteiger partial charge in [0.1, 0.15) is 0 Å². The van der Waals surface area contributed by atoms with Crippen LogP contribution in [0.4, 0.5) is 0 Å². The number of unbranched alkanes of at least 4 members (excludes halogenated alkanes) is 1. The molecule has 3 heteroatoms. The van der Waals surface area contributed by atoms with Crippen molar-refractivity contribution in [2.24, 2.45) is 0 Å². The Morgan fingerprint density at radius 3 is 2.50 bits per heavy atom. The van der Waals surface area contributed by atoms with Crippen LogP contribution in [0.3, 0.4) is 0 Å². The van der Waals surface area contributed by atoms with Gasteiger partial charge in [-0.2, -0.15) is 5.10 Å². The van der Waals surface area contributed by atoms with Crippen LogP contribution in [0.15, 0.2) is 0 Å². The first-order chi connectivity index (χ1) is 6.57. The van der Waals surface area contributed by atoms with E-state index >= 15 is 0 Å². The lowest BCUT2D eigenvalue weighted by molar-refractivity contribution is 0.390. The van der Waals surface area contributed by atoms with E-state index in [1.54, 1.807) is 4.68 Å². The fourth-order valence-electron chi connectivity index (χ4n) is 1.57. The molecular formula is C11H20N2O. The number of nitrogens with zero attached hydrogens (tertiary/aromatic N) is 2. The van der Waals surface area contributed by atoms with Gasteiger partial charge >= 0.3 is 0 Å². The predicted octanol–water partition coefficient (Wildman–Crippen LogP) is 2.82. The van der Waals surface area contributed by atoms with Gasteiger partial charge in [0.2, 0.25) is 5.88 Å². The van der Waals surface area contributed by atoms with E-state index in [1.165, 1.54) is 0 Å². The van der Waals surface area contributed by atoms with Crippen LogP contribution in [-0.2, 0) is 6.54 Å². The third kappa shape index (κ3) is 2.08. The second kappa shape index (κ2) is 4.49. The monoisotopic (exact) mass is 196 g/mol. The zero-order valence-corrected chi connectivity index (χ0v) is 9.54. The van der Waals surface area contributed by atoms with Crippen LogP contribution in [0.2, 0.25) is 0 Å². The van der Waals surface area contributed by atoms with Crippen LogP contribution in [-0.4, -0.2) is 14.9 Å². The highest BCUT2D eigenvalue weighted by molar-refractivity contribution is 5.30. The molecule has 1 heterocycles. The summed E-state index contributed by atoms with van der Waals surface area (Å²) in [6.07, 6.45) is 2.18. The molecule has 0 aromatic carbocycles. The molecule has 0 unspecified atom stereocenters. The highest BCUT2D eigenvalue weighted by Gasteiger charge is 2.14. The third-order valence-electron chi connectivity index (χ3n) is 2.46. The second-order valence-corrected chi connectivity index (χ2v) is 4.07. The van der Waals surface area contributed by atoms with Gasteiger partial charge < -0.3 is 5.11 Å². The summed E-state index contributed by atoms with van der Waals surface area (Å²) in [5.41, 5.74) is 1.94. The Morgan fingerprint density at radius 2 is 2.07 bits per heavy atom. The Balaban J connectivity index is 2.91. The van der Waals surface area contributed by atoms with Crippen molar-refractivity contribution < 1.29 is 5.11 Å². The van der Waals surface area contributed by atoms with Gasteiger partial charge in [-0.1, -0.05) is 27.2 Å². The van der Waals surface area contributed by atoms with Gasteiger partial charge in [-0.25, -0.2) is 4.68 Å². The molecule has 14 heavy (non-hydrogen) atoms. The summed E-state index contributed by atoms with van der Waals surface area (Å²) in [6, 6.07) is 0. The highest BCUT2D eigenvalue weighted by Crippen LogP contribution is 2.25. The predicted molar refractivity (Wildman–Crippen MR) is 57.6 cm³/mol. The summed E-state index contributed by atoms with van der Waals surface area (Å²) in [5.74, 6) is 0.714. The van der Waals surface area contributed by atoms with Crippen LogP contribution in [0.5, 0.6) is 5.88 Å². The van der Waals surface area contributed by atoms with Crippen LogP contribution >= 0.6 is 0 Å². The quantitative estimate of drug-likeness (QED) is 0.804. The average molecular weight is 196 g/mol. The van der Waals surface area contributed by atoms with Crippen molar-refractivity contribution in [3.05, 3.63) is 11.3 Å². The third-order valence-corrected chi connectivity index (χ3v) is 2.46. The SMILES string of the molecule is CCCCn1nc(C(C)C)c(C)c1O. The Bertz CT molecular complexity index is 302. The van der Waals surface area contributed by atoms with Crippen molar-refractivity contribution in [3.63, 3.8) is 0 Å². The van der Waals surface area contributed by atoms with E-state index in [-0.39, 0.29) is 0 Å². The van der Waals surface area contributed by atoms with Crippen molar-refractivity contribution in [3.8, 4) is 5.88 Å². The van der Waals surface area contributed by atoms with Gasteiger partial charge in [0.05, 0.1) is 5.69 Å². The molecule has 0 saturated carbocycles. The lowest BCUT2D eigenvalue weighted by atomic mass is 10.1. The zero-order chi connectivity index (χ0) is 10.7. The van der Waals surface area contributed by atoms with E-state index in [9.17, 15) is 5.11 Å². The fourth-order valence-corrected chi connectivity index (χ4v) is 1.57. The Labute approximate surface area is 85.8 Å². The molecule has 0 aliphatic carbocycles. The lowest BCUT2D eigenvalue weighted by Gasteiger charge is -2.01. The molecule has 0 saturated heterocycles. The fraction of sp³-hybridized carbons (Fsp3) is 0.727. The summed E-state index contributed by atoms with van der Waals surface area (Å²) in [7, 11) is 0. The van der Waals surface area contributed by atoms with Crippen LogP contribution in [0.1, 0.15) is 50.8 Å². The molecule has 0 aliphatic heterocycles. The number of rotatable bonds is 4. The van der Waals surface area contributed by atoms with Crippen LogP contribution in [0, 0.1) is 6.92 Å². The molecule has 0 amide bonds. The Kier molecular flexibility index (Phi) is 3.55. The first-order valence-corrected chi connectivity index (χ1v) is 5.34. The molecule has 0 atom stereocenters. The van der Waals surface area contributed by atoms with E-state index in [0.29, 0.717) is 11.8 Å². The lowest BCUT2D eigenvalue weighted by Crippen LogP contribution is -2.00. The standard InChI is InChI=1S/C11H20N2O/c1-5-6-7-13-11(14)9(4)10(12-13)8(2)3/h8,14H,5-7H2,1-4H3. The van der Waals surface area contributed by atoms with Gasteiger partial charge in [0.15, 0.2) is 0 Å². The molecule has 0 fully saturated rings. The van der Waals surface area contributed by atoms with Gasteiger partial charge in [0.25, 0.3) is 0 Å². The van der Waals surface area contributed by atoms with Crippen molar-refractivity contribution in [1.29, 1.82) is 0 Å². The summed E-state index contributed by atoms with van der Waals surface area (Å²) >= 11 is 0. The molecular weight excluding hydrogens is 176 g/mol. The Morgan fingerprint density at radius 1 is 1.43 bits per heavy atom. The molecule has 1 rings (SSSR count). The molecule has 1 N–H and O–H groups in total. The van der Waals surface area contributed by atoms with Gasteiger partial charge in [-0.05, 0) is 19.3 Å². The molecule has 0 spiro atoms. The largest absolute Gasteiger partial charge is 0.493 e. The Hall–Kier alpha value is -0.990. The van der Waals surface area contributed by atoms with Crippen LogP contribution in [0.25, 0.3) is 0 Å². The first kappa shape index (κ1) is 11.1. The van der Waals surface area contributed by atoms with Gasteiger partial charge in [0, 0.05) is 12.1 Å². The summed E-state index contributed by atoms with van der Waals surface area (Å²) in [5, 5.41) is 14.2. The molecule has 1 aromatic heterocycles. The normalized spacial score (nSPS) is 11.2. The van der Waals surface area contributed by atoms with E-state index in [0.717, 1.165) is 30.6 Å². The number of aromatic nitrogens is 2. The van der Waals surface area contributed by atoms with Crippen molar-refractivity contribution in [2.45, 2.75) is 53.0 Å². The number of hydrogen-bond donors (Lipinski definition) is 1. The molecule has 0 bridgehead atoms. The molecule has 3 nitrogen and oxygen atoms in total. The number of aromatic hydroxyl groups is 1. The van der Waals surface area contributed by atoms with Crippen molar-refractivity contribution in [2.75, 3.05) is 0 Å². The minimum atomic E-state index is 0.335. The maximum Gasteiger partial charge on any atom is 0.212 e. The van der Waals surface area contributed by atoms with Crippen LogP contribution < -0.4 is 0 Å². The maximum atomic E-state index is 9.79.